The van der Waals surface area contributed by atoms with Gasteiger partial charge in [0.05, 0.1) is 10.1 Å². The summed E-state index contributed by atoms with van der Waals surface area (Å²) in [5, 5.41) is 2.40. The fourth-order valence-electron chi connectivity index (χ4n) is 2.12. The number of carbonyl (C=O) groups is 1. The Bertz CT molecular complexity index is 598. The van der Waals surface area contributed by atoms with E-state index in [1.807, 2.05) is 0 Å². The molecule has 0 aliphatic rings. The summed E-state index contributed by atoms with van der Waals surface area (Å²) >= 11 is 0. The summed E-state index contributed by atoms with van der Waals surface area (Å²) in [6.45, 7) is 7.78. The molecule has 0 aliphatic carbocycles. The SMILES string of the molecule is CC(C)CC(CN)NC(=O)c1ccc(S(=O)(=O)C(C)C)cc1.Cl. The first kappa shape index (κ1) is 21.9. The van der Waals surface area contributed by atoms with E-state index in [-0.39, 0.29) is 29.3 Å². The van der Waals surface area contributed by atoms with E-state index in [4.69, 9.17) is 5.73 Å². The highest BCUT2D eigenvalue weighted by molar-refractivity contribution is 7.92. The minimum Gasteiger partial charge on any atom is -0.348 e. The van der Waals surface area contributed by atoms with Gasteiger partial charge in [-0.3, -0.25) is 4.79 Å². The quantitative estimate of drug-likeness (QED) is 0.779. The monoisotopic (exact) mass is 362 g/mol. The molecule has 0 spiro atoms. The van der Waals surface area contributed by atoms with Crippen molar-refractivity contribution in [2.45, 2.75) is 50.3 Å². The van der Waals surface area contributed by atoms with Crippen LogP contribution in [0.25, 0.3) is 0 Å². The Kier molecular flexibility index (Phi) is 8.80. The number of sulfone groups is 1. The van der Waals surface area contributed by atoms with Crippen molar-refractivity contribution in [3.05, 3.63) is 29.8 Å². The lowest BCUT2D eigenvalue weighted by molar-refractivity contribution is 0.0933. The van der Waals surface area contributed by atoms with Crippen LogP contribution in [0, 0.1) is 5.92 Å². The van der Waals surface area contributed by atoms with Crippen molar-refractivity contribution in [2.75, 3.05) is 6.54 Å². The van der Waals surface area contributed by atoms with Gasteiger partial charge in [0, 0.05) is 18.2 Å². The van der Waals surface area contributed by atoms with E-state index in [2.05, 4.69) is 19.2 Å². The Balaban J connectivity index is 0.00000484. The number of hydrogen-bond acceptors (Lipinski definition) is 4. The molecule has 0 saturated heterocycles. The Morgan fingerprint density at radius 3 is 2.04 bits per heavy atom. The number of amides is 1. The van der Waals surface area contributed by atoms with E-state index < -0.39 is 15.1 Å². The van der Waals surface area contributed by atoms with Crippen LogP contribution < -0.4 is 11.1 Å². The lowest BCUT2D eigenvalue weighted by Crippen LogP contribution is -2.41. The molecule has 1 atom stereocenters. The second kappa shape index (κ2) is 9.25. The first-order valence-electron chi connectivity index (χ1n) is 7.53. The van der Waals surface area contributed by atoms with E-state index in [1.54, 1.807) is 13.8 Å². The summed E-state index contributed by atoms with van der Waals surface area (Å²) in [5.41, 5.74) is 6.10. The van der Waals surface area contributed by atoms with Gasteiger partial charge in [-0.15, -0.1) is 12.4 Å². The number of hydrogen-bond donors (Lipinski definition) is 2. The van der Waals surface area contributed by atoms with Gasteiger partial charge in [0.25, 0.3) is 5.91 Å². The van der Waals surface area contributed by atoms with Crippen molar-refractivity contribution in [3.63, 3.8) is 0 Å². The van der Waals surface area contributed by atoms with Crippen LogP contribution in [-0.2, 0) is 9.84 Å². The lowest BCUT2D eigenvalue weighted by atomic mass is 10.0. The van der Waals surface area contributed by atoms with Gasteiger partial charge >= 0.3 is 0 Å². The Hall–Kier alpha value is -1.11. The largest absolute Gasteiger partial charge is 0.348 e. The summed E-state index contributed by atoms with van der Waals surface area (Å²) in [5.74, 6) is 0.206. The molecule has 0 aliphatic heterocycles. The van der Waals surface area contributed by atoms with E-state index in [0.29, 0.717) is 18.0 Å². The van der Waals surface area contributed by atoms with Crippen LogP contribution in [0.3, 0.4) is 0 Å². The van der Waals surface area contributed by atoms with Crippen molar-refractivity contribution >= 4 is 28.2 Å². The van der Waals surface area contributed by atoms with Crippen LogP contribution in [0.2, 0.25) is 0 Å². The van der Waals surface area contributed by atoms with E-state index in [9.17, 15) is 13.2 Å². The summed E-state index contributed by atoms with van der Waals surface area (Å²) in [6, 6.07) is 5.95. The van der Waals surface area contributed by atoms with Crippen LogP contribution in [0.4, 0.5) is 0 Å². The molecule has 5 nitrogen and oxygen atoms in total. The zero-order chi connectivity index (χ0) is 16.9. The second-order valence-corrected chi connectivity index (χ2v) is 8.66. The van der Waals surface area contributed by atoms with Crippen LogP contribution >= 0.6 is 12.4 Å². The number of halogens is 1. The van der Waals surface area contributed by atoms with Crippen LogP contribution in [0.1, 0.15) is 44.5 Å². The van der Waals surface area contributed by atoms with Gasteiger partial charge in [-0.25, -0.2) is 8.42 Å². The van der Waals surface area contributed by atoms with Crippen LogP contribution in [0.5, 0.6) is 0 Å². The zero-order valence-electron chi connectivity index (χ0n) is 14.1. The third kappa shape index (κ3) is 6.12. The Labute approximate surface area is 145 Å². The molecule has 0 radical (unpaired) electrons. The van der Waals surface area contributed by atoms with E-state index in [1.165, 1.54) is 24.3 Å². The molecule has 7 heteroatoms. The number of rotatable bonds is 7. The average Bonchev–Trinajstić information content (AvgIpc) is 2.45. The molecule has 0 saturated carbocycles. The van der Waals surface area contributed by atoms with Crippen molar-refractivity contribution < 1.29 is 13.2 Å². The molecule has 132 valence electrons. The lowest BCUT2D eigenvalue weighted by Gasteiger charge is -2.19. The van der Waals surface area contributed by atoms with Gasteiger partial charge in [-0.2, -0.15) is 0 Å². The highest BCUT2D eigenvalue weighted by Gasteiger charge is 2.20. The Morgan fingerprint density at radius 1 is 1.13 bits per heavy atom. The van der Waals surface area contributed by atoms with E-state index in [0.717, 1.165) is 6.42 Å². The third-order valence-electron chi connectivity index (χ3n) is 3.44. The predicted octanol–water partition coefficient (Wildman–Crippen LogP) is 2.39. The average molecular weight is 363 g/mol. The second-order valence-electron chi connectivity index (χ2n) is 6.15. The minimum atomic E-state index is -3.31. The maximum absolute atomic E-state index is 12.2. The number of benzene rings is 1. The van der Waals surface area contributed by atoms with Gasteiger partial charge in [0.2, 0.25) is 0 Å². The zero-order valence-corrected chi connectivity index (χ0v) is 15.7. The minimum absolute atomic E-state index is 0. The van der Waals surface area contributed by atoms with Crippen molar-refractivity contribution in [3.8, 4) is 0 Å². The molecule has 1 unspecified atom stereocenters. The molecule has 0 fully saturated rings. The first-order chi connectivity index (χ1) is 10.2. The summed E-state index contributed by atoms with van der Waals surface area (Å²) in [4.78, 5) is 12.4. The predicted molar refractivity (Wildman–Crippen MR) is 95.8 cm³/mol. The molecule has 23 heavy (non-hydrogen) atoms. The number of nitrogens with two attached hydrogens (primary N) is 1. The molecule has 0 aromatic heterocycles. The molecule has 1 aromatic rings. The molecule has 0 bridgehead atoms. The molecular formula is C16H27ClN2O3S. The summed E-state index contributed by atoms with van der Waals surface area (Å²) in [7, 11) is -3.31. The highest BCUT2D eigenvalue weighted by Crippen LogP contribution is 2.16. The summed E-state index contributed by atoms with van der Waals surface area (Å²) < 4.78 is 24.1. The Morgan fingerprint density at radius 2 is 1.65 bits per heavy atom. The van der Waals surface area contributed by atoms with Crippen LogP contribution in [-0.4, -0.2) is 32.2 Å². The molecule has 0 heterocycles. The van der Waals surface area contributed by atoms with E-state index >= 15 is 0 Å². The van der Waals surface area contributed by atoms with Gasteiger partial charge in [0.1, 0.15) is 0 Å². The van der Waals surface area contributed by atoms with Crippen molar-refractivity contribution in [2.24, 2.45) is 11.7 Å². The van der Waals surface area contributed by atoms with Crippen molar-refractivity contribution in [1.82, 2.24) is 5.32 Å². The summed E-state index contributed by atoms with van der Waals surface area (Å²) in [6.07, 6.45) is 0.808. The normalized spacial score (nSPS) is 12.8. The smallest absolute Gasteiger partial charge is 0.251 e. The molecule has 3 N–H and O–H groups in total. The molecular weight excluding hydrogens is 336 g/mol. The third-order valence-corrected chi connectivity index (χ3v) is 5.61. The topological polar surface area (TPSA) is 89.3 Å². The highest BCUT2D eigenvalue weighted by atomic mass is 35.5. The van der Waals surface area contributed by atoms with Gasteiger partial charge < -0.3 is 11.1 Å². The van der Waals surface area contributed by atoms with Gasteiger partial charge in [-0.1, -0.05) is 13.8 Å². The molecule has 1 aromatic carbocycles. The van der Waals surface area contributed by atoms with Gasteiger partial charge in [0.15, 0.2) is 9.84 Å². The molecule has 1 rings (SSSR count). The maximum atomic E-state index is 12.2. The molecule has 1 amide bonds. The van der Waals surface area contributed by atoms with Gasteiger partial charge in [-0.05, 0) is 50.5 Å². The van der Waals surface area contributed by atoms with Crippen molar-refractivity contribution in [1.29, 1.82) is 0 Å². The first-order valence-corrected chi connectivity index (χ1v) is 9.08. The number of carbonyl (C=O) groups excluding carboxylic acids is 1. The standard InChI is InChI=1S/C16H26N2O3S.ClH/c1-11(2)9-14(10-17)18-16(19)13-5-7-15(8-6-13)22(20,21)12(3)4;/h5-8,11-12,14H,9-10,17H2,1-4H3,(H,18,19);1H. The fraction of sp³-hybridized carbons (Fsp3) is 0.562. The fourth-order valence-corrected chi connectivity index (χ4v) is 3.18. The van der Waals surface area contributed by atoms with Crippen LogP contribution in [0.15, 0.2) is 29.2 Å². The number of nitrogens with one attached hydrogen (secondary N) is 1. The maximum Gasteiger partial charge on any atom is 0.251 e.